The van der Waals surface area contributed by atoms with Crippen molar-refractivity contribution in [3.8, 4) is 0 Å². The highest BCUT2D eigenvalue weighted by atomic mass is 16.2. The first-order chi connectivity index (χ1) is 9.40. The molecule has 0 aromatic rings. The van der Waals surface area contributed by atoms with Crippen LogP contribution in [-0.2, 0) is 9.59 Å². The topological polar surface area (TPSA) is 81.8 Å². The average molecular weight is 282 g/mol. The second-order valence-electron chi connectivity index (χ2n) is 5.72. The van der Waals surface area contributed by atoms with Crippen LogP contribution in [0.3, 0.4) is 0 Å². The van der Waals surface area contributed by atoms with Crippen molar-refractivity contribution >= 4 is 17.8 Å². The zero-order chi connectivity index (χ0) is 14.9. The zero-order valence-electron chi connectivity index (χ0n) is 12.2. The normalized spacial score (nSPS) is 25.9. The van der Waals surface area contributed by atoms with E-state index >= 15 is 0 Å². The van der Waals surface area contributed by atoms with Crippen molar-refractivity contribution < 1.29 is 14.4 Å². The molecule has 1 aliphatic heterocycles. The van der Waals surface area contributed by atoms with E-state index in [1.54, 1.807) is 21.0 Å². The molecule has 1 saturated heterocycles. The van der Waals surface area contributed by atoms with E-state index in [2.05, 4.69) is 10.6 Å². The van der Waals surface area contributed by atoms with Gasteiger partial charge >= 0.3 is 6.03 Å². The van der Waals surface area contributed by atoms with E-state index in [1.807, 2.05) is 0 Å². The molecule has 2 fully saturated rings. The highest BCUT2D eigenvalue weighted by Crippen LogP contribution is 2.42. The molecule has 0 spiro atoms. The van der Waals surface area contributed by atoms with Crippen LogP contribution in [-0.4, -0.2) is 66.9 Å². The smallest absolute Gasteiger partial charge is 0.325 e. The number of carbonyl (C=O) groups excluding carboxylic acids is 3. The van der Waals surface area contributed by atoms with E-state index < -0.39 is 11.6 Å². The predicted octanol–water partition coefficient (Wildman–Crippen LogP) is -0.615. The lowest BCUT2D eigenvalue weighted by Gasteiger charge is -2.22. The number of imide groups is 1. The maximum Gasteiger partial charge on any atom is 0.325 e. The van der Waals surface area contributed by atoms with Gasteiger partial charge in [-0.3, -0.25) is 14.5 Å². The van der Waals surface area contributed by atoms with E-state index in [-0.39, 0.29) is 24.3 Å². The quantitative estimate of drug-likeness (QED) is 0.637. The van der Waals surface area contributed by atoms with Crippen molar-refractivity contribution in [1.82, 2.24) is 20.4 Å². The summed E-state index contributed by atoms with van der Waals surface area (Å²) in [4.78, 5) is 38.8. The number of hydrogen-bond donors (Lipinski definition) is 2. The van der Waals surface area contributed by atoms with Gasteiger partial charge in [-0.25, -0.2) is 4.79 Å². The highest BCUT2D eigenvalue weighted by Gasteiger charge is 2.56. The number of nitrogens with one attached hydrogen (secondary N) is 2. The molecule has 4 amide bonds. The van der Waals surface area contributed by atoms with Gasteiger partial charge in [0.15, 0.2) is 0 Å². The molecule has 20 heavy (non-hydrogen) atoms. The summed E-state index contributed by atoms with van der Waals surface area (Å²) in [6.07, 6.45) is 1.90. The monoisotopic (exact) mass is 282 g/mol. The number of rotatable bonds is 6. The standard InChI is InChI=1S/C13H22N4O3/c1-13(9-4-5-9)11(19)17(12(20)15-13)8-10(18)16(3)7-6-14-2/h9,14H,4-8H2,1-3H3,(H,15,20). The highest BCUT2D eigenvalue weighted by molar-refractivity contribution is 6.09. The van der Waals surface area contributed by atoms with Gasteiger partial charge in [-0.15, -0.1) is 0 Å². The molecule has 0 aromatic carbocycles. The molecule has 7 heteroatoms. The van der Waals surface area contributed by atoms with Crippen molar-refractivity contribution in [2.75, 3.05) is 33.7 Å². The molecule has 1 atom stereocenters. The van der Waals surface area contributed by atoms with Crippen LogP contribution >= 0.6 is 0 Å². The summed E-state index contributed by atoms with van der Waals surface area (Å²) in [6.45, 7) is 2.77. The predicted molar refractivity (Wildman–Crippen MR) is 72.9 cm³/mol. The molecule has 0 radical (unpaired) electrons. The SMILES string of the molecule is CNCCN(C)C(=O)CN1C(=O)NC(C)(C2CC2)C1=O. The lowest BCUT2D eigenvalue weighted by molar-refractivity contribution is -0.138. The van der Waals surface area contributed by atoms with Crippen LogP contribution in [0, 0.1) is 5.92 Å². The summed E-state index contributed by atoms with van der Waals surface area (Å²) in [5.41, 5.74) is -0.819. The minimum absolute atomic E-state index is 0.187. The Morgan fingerprint density at radius 1 is 1.50 bits per heavy atom. The maximum atomic E-state index is 12.4. The molecule has 1 saturated carbocycles. The summed E-state index contributed by atoms with van der Waals surface area (Å²) in [6, 6.07) is -0.459. The molecule has 7 nitrogen and oxygen atoms in total. The molecule has 112 valence electrons. The van der Waals surface area contributed by atoms with Gasteiger partial charge in [0, 0.05) is 20.1 Å². The lowest BCUT2D eigenvalue weighted by atomic mass is 9.96. The number of carbonyl (C=O) groups is 3. The molecule has 1 aliphatic carbocycles. The Morgan fingerprint density at radius 3 is 2.70 bits per heavy atom. The number of urea groups is 1. The first-order valence-electron chi connectivity index (χ1n) is 6.93. The van der Waals surface area contributed by atoms with Crippen LogP contribution in [0.1, 0.15) is 19.8 Å². The van der Waals surface area contributed by atoms with Crippen LogP contribution in [0.5, 0.6) is 0 Å². The summed E-state index contributed by atoms with van der Waals surface area (Å²) in [7, 11) is 3.47. The van der Waals surface area contributed by atoms with Gasteiger partial charge < -0.3 is 15.5 Å². The Bertz CT molecular complexity index is 435. The van der Waals surface area contributed by atoms with Crippen molar-refractivity contribution in [3.05, 3.63) is 0 Å². The number of nitrogens with zero attached hydrogens (tertiary/aromatic N) is 2. The second kappa shape index (κ2) is 5.40. The molecule has 2 rings (SSSR count). The van der Waals surface area contributed by atoms with Gasteiger partial charge in [-0.05, 0) is 32.7 Å². The summed E-state index contributed by atoms with van der Waals surface area (Å²) < 4.78 is 0. The zero-order valence-corrected chi connectivity index (χ0v) is 12.2. The Kier molecular flexibility index (Phi) is 3.99. The summed E-state index contributed by atoms with van der Waals surface area (Å²) >= 11 is 0. The maximum absolute atomic E-state index is 12.4. The van der Waals surface area contributed by atoms with E-state index in [9.17, 15) is 14.4 Å². The minimum atomic E-state index is -0.819. The molecule has 0 aromatic heterocycles. The number of hydrogen-bond acceptors (Lipinski definition) is 4. The van der Waals surface area contributed by atoms with Crippen LogP contribution in [0.2, 0.25) is 0 Å². The van der Waals surface area contributed by atoms with Crippen molar-refractivity contribution in [3.63, 3.8) is 0 Å². The lowest BCUT2D eigenvalue weighted by Crippen LogP contribution is -2.47. The summed E-state index contributed by atoms with van der Waals surface area (Å²) in [5, 5.41) is 5.68. The van der Waals surface area contributed by atoms with Crippen LogP contribution < -0.4 is 10.6 Å². The van der Waals surface area contributed by atoms with Gasteiger partial charge in [-0.2, -0.15) is 0 Å². The Labute approximate surface area is 118 Å². The fourth-order valence-corrected chi connectivity index (χ4v) is 2.46. The third-order valence-electron chi connectivity index (χ3n) is 4.11. The Hall–Kier alpha value is -1.63. The molecule has 1 heterocycles. The Balaban J connectivity index is 1.97. The number of likely N-dealkylation sites (N-methyl/N-ethyl adjacent to an activating group) is 2. The number of amides is 4. The molecule has 1 unspecified atom stereocenters. The third kappa shape index (κ3) is 2.63. The van der Waals surface area contributed by atoms with Gasteiger partial charge in [0.2, 0.25) is 5.91 Å². The fourth-order valence-electron chi connectivity index (χ4n) is 2.46. The molecule has 2 N–H and O–H groups in total. The second-order valence-corrected chi connectivity index (χ2v) is 5.72. The van der Waals surface area contributed by atoms with Gasteiger partial charge in [0.05, 0.1) is 0 Å². The van der Waals surface area contributed by atoms with Crippen molar-refractivity contribution in [1.29, 1.82) is 0 Å². The van der Waals surface area contributed by atoms with E-state index in [0.29, 0.717) is 13.1 Å². The minimum Gasteiger partial charge on any atom is -0.343 e. The average Bonchev–Trinajstić information content (AvgIpc) is 3.22. The molecular formula is C13H22N4O3. The largest absolute Gasteiger partial charge is 0.343 e. The van der Waals surface area contributed by atoms with Crippen molar-refractivity contribution in [2.24, 2.45) is 5.92 Å². The first-order valence-corrected chi connectivity index (χ1v) is 6.93. The Morgan fingerprint density at radius 2 is 2.15 bits per heavy atom. The van der Waals surface area contributed by atoms with Crippen LogP contribution in [0.25, 0.3) is 0 Å². The van der Waals surface area contributed by atoms with Crippen LogP contribution in [0.15, 0.2) is 0 Å². The van der Waals surface area contributed by atoms with Crippen molar-refractivity contribution in [2.45, 2.75) is 25.3 Å². The third-order valence-corrected chi connectivity index (χ3v) is 4.11. The van der Waals surface area contributed by atoms with Crippen LogP contribution in [0.4, 0.5) is 4.79 Å². The van der Waals surface area contributed by atoms with Gasteiger partial charge in [0.1, 0.15) is 12.1 Å². The van der Waals surface area contributed by atoms with Gasteiger partial charge in [-0.1, -0.05) is 0 Å². The molecular weight excluding hydrogens is 260 g/mol. The first kappa shape index (κ1) is 14.8. The summed E-state index contributed by atoms with van der Waals surface area (Å²) in [5.74, 6) is -0.301. The van der Waals surface area contributed by atoms with E-state index in [0.717, 1.165) is 17.7 Å². The van der Waals surface area contributed by atoms with E-state index in [1.165, 1.54) is 4.90 Å². The van der Waals surface area contributed by atoms with Gasteiger partial charge in [0.25, 0.3) is 5.91 Å². The molecule has 2 aliphatic rings. The van der Waals surface area contributed by atoms with E-state index in [4.69, 9.17) is 0 Å². The fraction of sp³-hybridized carbons (Fsp3) is 0.769. The molecule has 0 bridgehead atoms.